The van der Waals surface area contributed by atoms with Crippen molar-refractivity contribution >= 4 is 28.9 Å². The number of carbonyl (C=O) groups excluding carboxylic acids is 1. The van der Waals surface area contributed by atoms with Crippen LogP contribution < -0.4 is 10.2 Å². The average Bonchev–Trinajstić information content (AvgIpc) is 2.68. The van der Waals surface area contributed by atoms with E-state index < -0.39 is 17.8 Å². The zero-order valence-electron chi connectivity index (χ0n) is 15.3. The first-order chi connectivity index (χ1) is 13.3. The number of nitrogens with one attached hydrogen (secondary N) is 1. The second-order valence-corrected chi connectivity index (χ2v) is 6.90. The van der Waals surface area contributed by atoms with Gasteiger partial charge < -0.3 is 15.1 Å². The van der Waals surface area contributed by atoms with Crippen molar-refractivity contribution in [3.63, 3.8) is 0 Å². The van der Waals surface area contributed by atoms with Gasteiger partial charge in [0.15, 0.2) is 0 Å². The molecule has 1 N–H and O–H groups in total. The second-order valence-electron chi connectivity index (χ2n) is 6.47. The Kier molecular flexibility index (Phi) is 6.10. The molecule has 2 heterocycles. The number of amides is 1. The van der Waals surface area contributed by atoms with Crippen LogP contribution in [0.2, 0.25) is 5.02 Å². The summed E-state index contributed by atoms with van der Waals surface area (Å²) in [6.07, 6.45) is -3.63. The number of pyridine rings is 1. The standard InChI is InChI=1S/C19H20ClF3N4O/c1-2-26-7-9-27(10-8-26)16-5-4-14(20)11-15(16)25-18(28)13-3-6-17(24-12-13)19(21,22)23/h3-6,11-12H,2,7-10H2,1H3,(H,25,28). The number of carbonyl (C=O) groups is 1. The Morgan fingerprint density at radius 3 is 2.46 bits per heavy atom. The van der Waals surface area contributed by atoms with Gasteiger partial charge in [-0.2, -0.15) is 13.2 Å². The maximum absolute atomic E-state index is 12.6. The monoisotopic (exact) mass is 412 g/mol. The zero-order chi connectivity index (χ0) is 20.3. The summed E-state index contributed by atoms with van der Waals surface area (Å²) in [7, 11) is 0. The molecular formula is C19H20ClF3N4O. The minimum atomic E-state index is -4.55. The van der Waals surface area contributed by atoms with Crippen LogP contribution in [0, 0.1) is 0 Å². The highest BCUT2D eigenvalue weighted by Gasteiger charge is 2.32. The van der Waals surface area contributed by atoms with E-state index in [-0.39, 0.29) is 5.56 Å². The molecule has 2 aromatic rings. The Labute approximate surface area is 166 Å². The van der Waals surface area contributed by atoms with E-state index in [0.29, 0.717) is 10.7 Å². The first kappa shape index (κ1) is 20.4. The van der Waals surface area contributed by atoms with Crippen LogP contribution >= 0.6 is 11.6 Å². The van der Waals surface area contributed by atoms with Gasteiger partial charge in [-0.3, -0.25) is 9.78 Å². The van der Waals surface area contributed by atoms with Gasteiger partial charge in [0.1, 0.15) is 5.69 Å². The molecule has 28 heavy (non-hydrogen) atoms. The summed E-state index contributed by atoms with van der Waals surface area (Å²) in [6.45, 7) is 6.53. The van der Waals surface area contributed by atoms with Crippen LogP contribution in [0.5, 0.6) is 0 Å². The first-order valence-electron chi connectivity index (χ1n) is 8.89. The summed E-state index contributed by atoms with van der Waals surface area (Å²) >= 11 is 6.09. The number of nitrogens with zero attached hydrogens (tertiary/aromatic N) is 3. The smallest absolute Gasteiger partial charge is 0.367 e. The Bertz CT molecular complexity index is 834. The van der Waals surface area contributed by atoms with Crippen LogP contribution in [0.3, 0.4) is 0 Å². The lowest BCUT2D eigenvalue weighted by atomic mass is 10.2. The molecule has 1 aromatic heterocycles. The number of anilines is 2. The lowest BCUT2D eigenvalue weighted by Crippen LogP contribution is -2.46. The third-order valence-electron chi connectivity index (χ3n) is 4.68. The summed E-state index contributed by atoms with van der Waals surface area (Å²) in [5.41, 5.74) is 0.340. The Morgan fingerprint density at radius 2 is 1.89 bits per heavy atom. The quantitative estimate of drug-likeness (QED) is 0.819. The minimum absolute atomic E-state index is 0.0368. The summed E-state index contributed by atoms with van der Waals surface area (Å²) in [5, 5.41) is 3.20. The van der Waals surface area contributed by atoms with Crippen molar-refractivity contribution in [3.05, 3.63) is 52.8 Å². The van der Waals surface area contributed by atoms with Crippen LogP contribution in [0.1, 0.15) is 23.0 Å². The van der Waals surface area contributed by atoms with Crippen molar-refractivity contribution in [2.45, 2.75) is 13.1 Å². The molecule has 1 aliphatic heterocycles. The van der Waals surface area contributed by atoms with Gasteiger partial charge in [0.05, 0.1) is 16.9 Å². The van der Waals surface area contributed by atoms with E-state index in [1.165, 1.54) is 0 Å². The molecule has 1 aromatic carbocycles. The highest BCUT2D eigenvalue weighted by Crippen LogP contribution is 2.31. The van der Waals surface area contributed by atoms with Crippen molar-refractivity contribution < 1.29 is 18.0 Å². The van der Waals surface area contributed by atoms with Gasteiger partial charge in [-0.25, -0.2) is 0 Å². The summed E-state index contributed by atoms with van der Waals surface area (Å²) < 4.78 is 37.9. The van der Waals surface area contributed by atoms with Crippen LogP contribution in [-0.4, -0.2) is 48.5 Å². The molecule has 5 nitrogen and oxygen atoms in total. The Morgan fingerprint density at radius 1 is 1.18 bits per heavy atom. The van der Waals surface area contributed by atoms with Gasteiger partial charge in [0.2, 0.25) is 0 Å². The van der Waals surface area contributed by atoms with Crippen molar-refractivity contribution in [3.8, 4) is 0 Å². The SMILES string of the molecule is CCN1CCN(c2ccc(Cl)cc2NC(=O)c2ccc(C(F)(F)F)nc2)CC1. The molecule has 0 spiro atoms. The Hall–Kier alpha value is -2.32. The summed E-state index contributed by atoms with van der Waals surface area (Å²) in [5.74, 6) is -0.545. The molecule has 9 heteroatoms. The molecule has 3 rings (SSSR count). The highest BCUT2D eigenvalue weighted by atomic mass is 35.5. The number of likely N-dealkylation sites (N-methyl/N-ethyl adjacent to an activating group) is 1. The van der Waals surface area contributed by atoms with Gasteiger partial charge in [-0.1, -0.05) is 18.5 Å². The second kappa shape index (κ2) is 8.36. The third-order valence-corrected chi connectivity index (χ3v) is 4.92. The molecule has 0 aliphatic carbocycles. The molecule has 1 saturated heterocycles. The van der Waals surface area contributed by atoms with Crippen molar-refractivity contribution in [1.29, 1.82) is 0 Å². The summed E-state index contributed by atoms with van der Waals surface area (Å²) in [4.78, 5) is 20.3. The Balaban J connectivity index is 1.78. The number of benzene rings is 1. The number of rotatable bonds is 4. The van der Waals surface area contributed by atoms with E-state index in [1.807, 2.05) is 6.07 Å². The molecule has 0 bridgehead atoms. The van der Waals surface area contributed by atoms with E-state index in [1.54, 1.807) is 12.1 Å². The molecule has 0 saturated carbocycles. The number of alkyl halides is 3. The van der Waals surface area contributed by atoms with Crippen molar-refractivity contribution in [2.75, 3.05) is 42.9 Å². The van der Waals surface area contributed by atoms with Gasteiger partial charge in [0.25, 0.3) is 5.91 Å². The van der Waals surface area contributed by atoms with Crippen LogP contribution in [-0.2, 0) is 6.18 Å². The maximum Gasteiger partial charge on any atom is 0.433 e. The molecule has 150 valence electrons. The number of piperazine rings is 1. The fourth-order valence-corrected chi connectivity index (χ4v) is 3.25. The first-order valence-corrected chi connectivity index (χ1v) is 9.27. The lowest BCUT2D eigenvalue weighted by molar-refractivity contribution is -0.141. The maximum atomic E-state index is 12.6. The van der Waals surface area contributed by atoms with Gasteiger partial charge in [-0.15, -0.1) is 0 Å². The predicted octanol–water partition coefficient (Wildman–Crippen LogP) is 4.15. The summed E-state index contributed by atoms with van der Waals surface area (Å²) in [6, 6.07) is 7.12. The number of halogens is 4. The van der Waals surface area contributed by atoms with Crippen LogP contribution in [0.25, 0.3) is 0 Å². The normalized spacial score (nSPS) is 15.5. The molecular weight excluding hydrogens is 393 g/mol. The van der Waals surface area contributed by atoms with Crippen LogP contribution in [0.4, 0.5) is 24.5 Å². The average molecular weight is 413 g/mol. The molecule has 1 amide bonds. The van der Waals surface area contributed by atoms with Crippen LogP contribution in [0.15, 0.2) is 36.5 Å². The van der Waals surface area contributed by atoms with E-state index in [4.69, 9.17) is 11.6 Å². The van der Waals surface area contributed by atoms with Gasteiger partial charge in [-0.05, 0) is 36.9 Å². The van der Waals surface area contributed by atoms with E-state index in [0.717, 1.165) is 56.7 Å². The number of hydrogen-bond acceptors (Lipinski definition) is 4. The highest BCUT2D eigenvalue weighted by molar-refractivity contribution is 6.31. The fraction of sp³-hybridized carbons (Fsp3) is 0.368. The van der Waals surface area contributed by atoms with Gasteiger partial charge >= 0.3 is 6.18 Å². The molecule has 0 radical (unpaired) electrons. The van der Waals surface area contributed by atoms with E-state index in [2.05, 4.69) is 27.0 Å². The van der Waals surface area contributed by atoms with E-state index in [9.17, 15) is 18.0 Å². The predicted molar refractivity (Wildman–Crippen MR) is 103 cm³/mol. The fourth-order valence-electron chi connectivity index (χ4n) is 3.08. The number of aromatic nitrogens is 1. The molecule has 0 atom stereocenters. The number of hydrogen-bond donors (Lipinski definition) is 1. The largest absolute Gasteiger partial charge is 0.433 e. The van der Waals surface area contributed by atoms with Crippen molar-refractivity contribution in [2.24, 2.45) is 0 Å². The lowest BCUT2D eigenvalue weighted by Gasteiger charge is -2.36. The molecule has 1 aliphatic rings. The van der Waals surface area contributed by atoms with Crippen molar-refractivity contribution in [1.82, 2.24) is 9.88 Å². The topological polar surface area (TPSA) is 48.5 Å². The zero-order valence-corrected chi connectivity index (χ0v) is 16.0. The molecule has 0 unspecified atom stereocenters. The molecule has 1 fully saturated rings. The minimum Gasteiger partial charge on any atom is -0.367 e. The van der Waals surface area contributed by atoms with Gasteiger partial charge in [0, 0.05) is 37.4 Å². The van der Waals surface area contributed by atoms with E-state index >= 15 is 0 Å². The third kappa shape index (κ3) is 4.74.